The molecular weight excluding hydrogens is 260 g/mol. The summed E-state index contributed by atoms with van der Waals surface area (Å²) in [6, 6.07) is 12.1. The van der Waals surface area contributed by atoms with E-state index in [0.717, 1.165) is 22.2 Å². The van der Waals surface area contributed by atoms with Gasteiger partial charge in [0.1, 0.15) is 0 Å². The number of carbonyl (C=O) groups excluding carboxylic acids is 1. The van der Waals surface area contributed by atoms with Crippen LogP contribution in [0.2, 0.25) is 0 Å². The van der Waals surface area contributed by atoms with Crippen molar-refractivity contribution in [2.75, 3.05) is 0 Å². The van der Waals surface area contributed by atoms with Gasteiger partial charge in [0.25, 0.3) is 0 Å². The maximum absolute atomic E-state index is 12.5. The molecule has 2 heterocycles. The van der Waals surface area contributed by atoms with Crippen LogP contribution in [-0.4, -0.2) is 5.78 Å². The molecule has 0 aliphatic rings. The SMILES string of the molecule is CCc1ccc(C(=O)c2csc3ccccc23)s1. The predicted octanol–water partition coefficient (Wildman–Crippen LogP) is 4.76. The number of aryl methyl sites for hydroxylation is 1. The molecule has 0 unspecified atom stereocenters. The Balaban J connectivity index is 2.06. The zero-order valence-corrected chi connectivity index (χ0v) is 11.6. The van der Waals surface area contributed by atoms with Crippen LogP contribution in [0.1, 0.15) is 27.0 Å². The van der Waals surface area contributed by atoms with Crippen molar-refractivity contribution in [1.29, 1.82) is 0 Å². The first-order valence-corrected chi connectivity index (χ1v) is 7.59. The molecule has 0 radical (unpaired) electrons. The van der Waals surface area contributed by atoms with Gasteiger partial charge in [-0.3, -0.25) is 4.79 Å². The first-order valence-electron chi connectivity index (χ1n) is 5.89. The summed E-state index contributed by atoms with van der Waals surface area (Å²) < 4.78 is 1.17. The molecular formula is C15H12OS2. The van der Waals surface area contributed by atoms with E-state index >= 15 is 0 Å². The van der Waals surface area contributed by atoms with E-state index in [9.17, 15) is 4.79 Å². The van der Waals surface area contributed by atoms with E-state index in [0.29, 0.717) is 0 Å². The minimum atomic E-state index is 0.150. The molecule has 3 rings (SSSR count). The van der Waals surface area contributed by atoms with Crippen LogP contribution in [0.15, 0.2) is 41.8 Å². The highest BCUT2D eigenvalue weighted by Crippen LogP contribution is 2.29. The number of ketones is 1. The van der Waals surface area contributed by atoms with Crippen molar-refractivity contribution in [3.8, 4) is 0 Å². The number of benzene rings is 1. The van der Waals surface area contributed by atoms with E-state index in [-0.39, 0.29) is 5.78 Å². The van der Waals surface area contributed by atoms with Crippen molar-refractivity contribution in [2.45, 2.75) is 13.3 Å². The highest BCUT2D eigenvalue weighted by atomic mass is 32.1. The van der Waals surface area contributed by atoms with Crippen molar-refractivity contribution in [2.24, 2.45) is 0 Å². The molecule has 3 aromatic rings. The van der Waals surface area contributed by atoms with Crippen molar-refractivity contribution in [3.05, 3.63) is 57.1 Å². The smallest absolute Gasteiger partial charge is 0.204 e. The van der Waals surface area contributed by atoms with Gasteiger partial charge in [0.05, 0.1) is 4.88 Å². The lowest BCUT2D eigenvalue weighted by Crippen LogP contribution is -1.96. The fourth-order valence-corrected chi connectivity index (χ4v) is 3.82. The molecule has 0 saturated heterocycles. The van der Waals surface area contributed by atoms with E-state index < -0.39 is 0 Å². The van der Waals surface area contributed by atoms with Crippen LogP contribution in [0.25, 0.3) is 10.1 Å². The Morgan fingerprint density at radius 3 is 2.78 bits per heavy atom. The van der Waals surface area contributed by atoms with Crippen LogP contribution >= 0.6 is 22.7 Å². The molecule has 0 saturated carbocycles. The van der Waals surface area contributed by atoms with Crippen LogP contribution in [0, 0.1) is 0 Å². The Bertz CT molecular complexity index is 706. The van der Waals surface area contributed by atoms with Gasteiger partial charge in [0.15, 0.2) is 0 Å². The average molecular weight is 272 g/mol. The second-order valence-electron chi connectivity index (χ2n) is 4.09. The molecule has 0 bridgehead atoms. The van der Waals surface area contributed by atoms with Gasteiger partial charge in [-0.1, -0.05) is 25.1 Å². The van der Waals surface area contributed by atoms with E-state index in [2.05, 4.69) is 13.0 Å². The van der Waals surface area contributed by atoms with Gasteiger partial charge in [0, 0.05) is 25.9 Å². The summed E-state index contributed by atoms with van der Waals surface area (Å²) >= 11 is 3.24. The number of hydrogen-bond acceptors (Lipinski definition) is 3. The highest BCUT2D eigenvalue weighted by Gasteiger charge is 2.15. The minimum absolute atomic E-state index is 0.150. The number of carbonyl (C=O) groups is 1. The van der Waals surface area contributed by atoms with Crippen LogP contribution in [-0.2, 0) is 6.42 Å². The van der Waals surface area contributed by atoms with Crippen LogP contribution in [0.3, 0.4) is 0 Å². The quantitative estimate of drug-likeness (QED) is 0.628. The molecule has 0 atom stereocenters. The summed E-state index contributed by atoms with van der Waals surface area (Å²) in [6.45, 7) is 2.11. The van der Waals surface area contributed by atoms with Gasteiger partial charge in [-0.25, -0.2) is 0 Å². The Labute approximate surface area is 114 Å². The second kappa shape index (κ2) is 4.67. The Kier molecular flexibility index (Phi) is 3.02. The summed E-state index contributed by atoms with van der Waals surface area (Å²) in [6.07, 6.45) is 0.988. The summed E-state index contributed by atoms with van der Waals surface area (Å²) in [5.74, 6) is 0.150. The van der Waals surface area contributed by atoms with Crippen molar-refractivity contribution in [1.82, 2.24) is 0 Å². The molecule has 90 valence electrons. The van der Waals surface area contributed by atoms with E-state index in [1.807, 2.05) is 35.7 Å². The summed E-state index contributed by atoms with van der Waals surface area (Å²) in [5, 5.41) is 3.04. The van der Waals surface area contributed by atoms with E-state index in [1.165, 1.54) is 9.58 Å². The first kappa shape index (κ1) is 11.6. The summed E-state index contributed by atoms with van der Waals surface area (Å²) in [7, 11) is 0. The zero-order chi connectivity index (χ0) is 12.5. The summed E-state index contributed by atoms with van der Waals surface area (Å²) in [4.78, 5) is 14.6. The van der Waals surface area contributed by atoms with Crippen molar-refractivity contribution < 1.29 is 4.79 Å². The summed E-state index contributed by atoms with van der Waals surface area (Å²) in [5.41, 5.74) is 0.833. The third-order valence-corrected chi connectivity index (χ3v) is 5.15. The molecule has 1 nitrogen and oxygen atoms in total. The predicted molar refractivity (Wildman–Crippen MR) is 79.0 cm³/mol. The van der Waals surface area contributed by atoms with Crippen LogP contribution in [0.4, 0.5) is 0 Å². The normalized spacial score (nSPS) is 10.9. The maximum Gasteiger partial charge on any atom is 0.204 e. The lowest BCUT2D eigenvalue weighted by molar-refractivity contribution is 0.104. The van der Waals surface area contributed by atoms with Crippen molar-refractivity contribution in [3.63, 3.8) is 0 Å². The highest BCUT2D eigenvalue weighted by molar-refractivity contribution is 7.18. The molecule has 0 fully saturated rings. The van der Waals surface area contributed by atoms with Crippen LogP contribution in [0.5, 0.6) is 0 Å². The molecule has 0 N–H and O–H groups in total. The van der Waals surface area contributed by atoms with E-state index in [4.69, 9.17) is 0 Å². The van der Waals surface area contributed by atoms with Gasteiger partial charge in [-0.15, -0.1) is 22.7 Å². The Morgan fingerprint density at radius 1 is 1.17 bits per heavy atom. The zero-order valence-electron chi connectivity index (χ0n) is 9.97. The largest absolute Gasteiger partial charge is 0.288 e. The lowest BCUT2D eigenvalue weighted by Gasteiger charge is -1.96. The van der Waals surface area contributed by atoms with Gasteiger partial charge < -0.3 is 0 Å². The van der Waals surface area contributed by atoms with Gasteiger partial charge >= 0.3 is 0 Å². The van der Waals surface area contributed by atoms with Gasteiger partial charge in [0.2, 0.25) is 5.78 Å². The van der Waals surface area contributed by atoms with Gasteiger partial charge in [-0.05, 0) is 24.6 Å². The molecule has 0 amide bonds. The molecule has 1 aromatic carbocycles. The van der Waals surface area contributed by atoms with E-state index in [1.54, 1.807) is 22.7 Å². The van der Waals surface area contributed by atoms with Crippen LogP contribution < -0.4 is 0 Å². The number of rotatable bonds is 3. The standard InChI is InChI=1S/C15H12OS2/c1-2-10-7-8-14(18-10)15(16)12-9-17-13-6-4-3-5-11(12)13/h3-9H,2H2,1H3. The molecule has 0 spiro atoms. The second-order valence-corrected chi connectivity index (χ2v) is 6.17. The average Bonchev–Trinajstić information content (AvgIpc) is 3.04. The third kappa shape index (κ3) is 1.89. The molecule has 0 aliphatic carbocycles. The molecule has 2 aromatic heterocycles. The fraction of sp³-hybridized carbons (Fsp3) is 0.133. The third-order valence-electron chi connectivity index (χ3n) is 2.96. The molecule has 0 aliphatic heterocycles. The minimum Gasteiger partial charge on any atom is -0.288 e. The Hall–Kier alpha value is -1.45. The maximum atomic E-state index is 12.5. The Morgan fingerprint density at radius 2 is 2.00 bits per heavy atom. The van der Waals surface area contributed by atoms with Gasteiger partial charge in [-0.2, -0.15) is 0 Å². The number of hydrogen-bond donors (Lipinski definition) is 0. The van der Waals surface area contributed by atoms with Crippen molar-refractivity contribution >= 4 is 38.5 Å². The lowest BCUT2D eigenvalue weighted by atomic mass is 10.1. The molecule has 3 heteroatoms. The monoisotopic (exact) mass is 272 g/mol. The topological polar surface area (TPSA) is 17.1 Å². The number of thiophene rings is 2. The number of fused-ring (bicyclic) bond motifs is 1. The fourth-order valence-electron chi connectivity index (χ4n) is 1.98. The first-order chi connectivity index (χ1) is 8.79. The molecule has 18 heavy (non-hydrogen) atoms.